The van der Waals surface area contributed by atoms with Crippen molar-refractivity contribution in [3.8, 4) is 0 Å². The molecule has 0 spiro atoms. The highest BCUT2D eigenvalue weighted by atomic mass is 32.2. The summed E-state index contributed by atoms with van der Waals surface area (Å²) in [5, 5.41) is 8.55. The number of halogens is 3. The molecule has 0 aliphatic carbocycles. The maximum atomic E-state index is 12.4. The zero-order chi connectivity index (χ0) is 13.9. The van der Waals surface area contributed by atoms with E-state index in [0.29, 0.717) is 10.6 Å². The van der Waals surface area contributed by atoms with Crippen LogP contribution in [-0.4, -0.2) is 23.0 Å². The van der Waals surface area contributed by atoms with Crippen LogP contribution in [0.1, 0.15) is 5.56 Å². The summed E-state index contributed by atoms with van der Waals surface area (Å²) in [5.41, 5.74) is 6.81. The normalized spacial score (nSPS) is 13.3. The van der Waals surface area contributed by atoms with Crippen molar-refractivity contribution in [1.82, 2.24) is 0 Å². The van der Waals surface area contributed by atoms with Gasteiger partial charge in [-0.3, -0.25) is 4.79 Å². The third-order valence-corrected chi connectivity index (χ3v) is 3.43. The first kappa shape index (κ1) is 14.7. The van der Waals surface area contributed by atoms with Crippen molar-refractivity contribution < 1.29 is 23.1 Å². The fraction of sp³-hybridized carbons (Fsp3) is 0.364. The van der Waals surface area contributed by atoms with Crippen molar-refractivity contribution in [2.75, 3.05) is 11.5 Å². The zero-order valence-electron chi connectivity index (χ0n) is 9.49. The van der Waals surface area contributed by atoms with Gasteiger partial charge in [0.15, 0.2) is 5.92 Å². The Morgan fingerprint density at radius 2 is 2.11 bits per heavy atom. The van der Waals surface area contributed by atoms with Gasteiger partial charge in [-0.2, -0.15) is 13.2 Å². The van der Waals surface area contributed by atoms with Gasteiger partial charge in [0, 0.05) is 16.3 Å². The van der Waals surface area contributed by atoms with E-state index in [0.717, 1.165) is 17.3 Å². The number of nitrogens with two attached hydrogens (primary N) is 1. The molecule has 3 nitrogen and oxygen atoms in total. The number of alkyl halides is 3. The molecule has 0 aliphatic rings. The molecule has 0 fully saturated rings. The molecule has 1 aromatic carbocycles. The van der Waals surface area contributed by atoms with Crippen LogP contribution in [0, 0.1) is 12.8 Å². The van der Waals surface area contributed by atoms with Crippen molar-refractivity contribution in [3.05, 3.63) is 23.8 Å². The number of benzene rings is 1. The predicted molar refractivity (Wildman–Crippen MR) is 63.5 cm³/mol. The number of hydrogen-bond acceptors (Lipinski definition) is 3. The van der Waals surface area contributed by atoms with Gasteiger partial charge in [0.25, 0.3) is 0 Å². The number of anilines is 1. The van der Waals surface area contributed by atoms with Crippen molar-refractivity contribution in [2.45, 2.75) is 18.0 Å². The lowest BCUT2D eigenvalue weighted by Gasteiger charge is -2.16. The second-order valence-electron chi connectivity index (χ2n) is 3.78. The van der Waals surface area contributed by atoms with Crippen LogP contribution in [0.3, 0.4) is 0 Å². The fourth-order valence-electron chi connectivity index (χ4n) is 1.25. The van der Waals surface area contributed by atoms with Gasteiger partial charge >= 0.3 is 12.1 Å². The van der Waals surface area contributed by atoms with Crippen LogP contribution in [-0.2, 0) is 4.79 Å². The Balaban J connectivity index is 2.79. The summed E-state index contributed by atoms with van der Waals surface area (Å²) in [4.78, 5) is 11.0. The number of aryl methyl sites for hydroxylation is 1. The van der Waals surface area contributed by atoms with E-state index >= 15 is 0 Å². The van der Waals surface area contributed by atoms with E-state index in [-0.39, 0.29) is 0 Å². The van der Waals surface area contributed by atoms with Gasteiger partial charge in [0.05, 0.1) is 0 Å². The quantitative estimate of drug-likeness (QED) is 0.657. The smallest absolute Gasteiger partial charge is 0.403 e. The summed E-state index contributed by atoms with van der Waals surface area (Å²) in [6.07, 6.45) is -4.75. The van der Waals surface area contributed by atoms with Crippen LogP contribution in [0.15, 0.2) is 23.1 Å². The molecule has 0 amide bonds. The minimum absolute atomic E-state index is 0.344. The standard InChI is InChI=1S/C11H12F3NO2S/c1-6-2-3-8(15)9(4-6)18-5-7(10(16)17)11(12,13)14/h2-4,7H,5,15H2,1H3,(H,16,17). The maximum absolute atomic E-state index is 12.4. The Labute approximate surface area is 106 Å². The third-order valence-electron chi connectivity index (χ3n) is 2.27. The lowest BCUT2D eigenvalue weighted by atomic mass is 10.2. The van der Waals surface area contributed by atoms with E-state index in [9.17, 15) is 18.0 Å². The molecular formula is C11H12F3NO2S. The first-order valence-corrected chi connectivity index (χ1v) is 5.99. The minimum atomic E-state index is -4.75. The molecule has 1 atom stereocenters. The molecule has 1 rings (SSSR count). The summed E-state index contributed by atoms with van der Waals surface area (Å²) in [6, 6.07) is 4.95. The molecule has 0 saturated heterocycles. The average molecular weight is 279 g/mol. The van der Waals surface area contributed by atoms with Crippen LogP contribution in [0.4, 0.5) is 18.9 Å². The zero-order valence-corrected chi connectivity index (χ0v) is 10.3. The van der Waals surface area contributed by atoms with Crippen molar-refractivity contribution in [1.29, 1.82) is 0 Å². The highest BCUT2D eigenvalue weighted by molar-refractivity contribution is 7.99. The maximum Gasteiger partial charge on any atom is 0.403 e. The van der Waals surface area contributed by atoms with Crippen LogP contribution in [0.5, 0.6) is 0 Å². The Morgan fingerprint density at radius 3 is 2.61 bits per heavy atom. The van der Waals surface area contributed by atoms with E-state index in [4.69, 9.17) is 10.8 Å². The number of nitrogen functional groups attached to an aromatic ring is 1. The second-order valence-corrected chi connectivity index (χ2v) is 4.85. The van der Waals surface area contributed by atoms with Crippen LogP contribution < -0.4 is 5.73 Å². The molecule has 18 heavy (non-hydrogen) atoms. The molecular weight excluding hydrogens is 267 g/mol. The monoisotopic (exact) mass is 279 g/mol. The number of aliphatic carboxylic acids is 1. The summed E-state index contributed by atoms with van der Waals surface area (Å²) in [7, 11) is 0. The third kappa shape index (κ3) is 3.83. The predicted octanol–water partition coefficient (Wildman–Crippen LogP) is 2.93. The van der Waals surface area contributed by atoms with Crippen LogP contribution in [0.2, 0.25) is 0 Å². The Morgan fingerprint density at radius 1 is 1.50 bits per heavy atom. The van der Waals surface area contributed by atoms with Gasteiger partial charge in [-0.25, -0.2) is 0 Å². The highest BCUT2D eigenvalue weighted by Crippen LogP contribution is 2.34. The fourth-order valence-corrected chi connectivity index (χ4v) is 2.43. The molecule has 0 saturated carbocycles. The molecule has 0 aliphatic heterocycles. The first-order chi connectivity index (χ1) is 8.21. The van der Waals surface area contributed by atoms with Crippen molar-refractivity contribution >= 4 is 23.4 Å². The molecule has 0 heterocycles. The molecule has 7 heteroatoms. The SMILES string of the molecule is Cc1ccc(N)c(SCC(C(=O)O)C(F)(F)F)c1. The number of carboxylic acids is 1. The van der Waals surface area contributed by atoms with Crippen molar-refractivity contribution in [3.63, 3.8) is 0 Å². The Hall–Kier alpha value is -1.37. The van der Waals surface area contributed by atoms with E-state index in [1.807, 2.05) is 0 Å². The van der Waals surface area contributed by atoms with Gasteiger partial charge in [-0.15, -0.1) is 11.8 Å². The van der Waals surface area contributed by atoms with Gasteiger partial charge in [-0.05, 0) is 24.6 Å². The summed E-state index contributed by atoms with van der Waals surface area (Å²) < 4.78 is 37.3. The molecule has 1 aromatic rings. The van der Waals surface area contributed by atoms with E-state index in [1.54, 1.807) is 25.1 Å². The highest BCUT2D eigenvalue weighted by Gasteiger charge is 2.44. The first-order valence-electron chi connectivity index (χ1n) is 5.00. The largest absolute Gasteiger partial charge is 0.481 e. The number of thioether (sulfide) groups is 1. The number of rotatable bonds is 4. The van der Waals surface area contributed by atoms with Gasteiger partial charge < -0.3 is 10.8 Å². The number of hydrogen-bond donors (Lipinski definition) is 2. The van der Waals surface area contributed by atoms with Gasteiger partial charge in [-0.1, -0.05) is 6.07 Å². The molecule has 100 valence electrons. The summed E-state index contributed by atoms with van der Waals surface area (Å²) >= 11 is 0.799. The Kier molecular flexibility index (Phi) is 4.50. The van der Waals surface area contributed by atoms with E-state index in [1.165, 1.54) is 0 Å². The number of carboxylic acid groups (broad SMARTS) is 1. The van der Waals surface area contributed by atoms with Gasteiger partial charge in [0.2, 0.25) is 0 Å². The second kappa shape index (κ2) is 5.51. The number of carbonyl (C=O) groups is 1. The van der Waals surface area contributed by atoms with Crippen LogP contribution >= 0.6 is 11.8 Å². The lowest BCUT2D eigenvalue weighted by molar-refractivity contribution is -0.188. The average Bonchev–Trinajstić information content (AvgIpc) is 2.20. The molecule has 1 unspecified atom stereocenters. The summed E-state index contributed by atoms with van der Waals surface area (Å²) in [6.45, 7) is 1.78. The Bertz CT molecular complexity index is 448. The van der Waals surface area contributed by atoms with Crippen molar-refractivity contribution in [2.24, 2.45) is 5.92 Å². The van der Waals surface area contributed by atoms with Gasteiger partial charge in [0.1, 0.15) is 0 Å². The molecule has 0 aromatic heterocycles. The minimum Gasteiger partial charge on any atom is -0.481 e. The van der Waals surface area contributed by atoms with Crippen LogP contribution in [0.25, 0.3) is 0 Å². The molecule has 0 bridgehead atoms. The van der Waals surface area contributed by atoms with E-state index in [2.05, 4.69) is 0 Å². The summed E-state index contributed by atoms with van der Waals surface area (Å²) in [5.74, 6) is -4.85. The van der Waals surface area contributed by atoms with E-state index < -0.39 is 23.8 Å². The topological polar surface area (TPSA) is 63.3 Å². The lowest BCUT2D eigenvalue weighted by Crippen LogP contribution is -2.32. The molecule has 3 N–H and O–H groups in total. The molecule has 0 radical (unpaired) electrons.